The van der Waals surface area contributed by atoms with Crippen LogP contribution in [0.1, 0.15) is 45.1 Å². The summed E-state index contributed by atoms with van der Waals surface area (Å²) in [7, 11) is 0. The van der Waals surface area contributed by atoms with E-state index in [9.17, 15) is 9.59 Å². The molecule has 1 fully saturated rings. The molecule has 0 aliphatic carbocycles. The molecule has 1 saturated heterocycles. The first kappa shape index (κ1) is 20.8. The Balaban J connectivity index is 1.75. The van der Waals surface area contributed by atoms with Crippen LogP contribution in [-0.2, 0) is 19.7 Å². The summed E-state index contributed by atoms with van der Waals surface area (Å²) in [6.45, 7) is 11.6. The quantitative estimate of drug-likeness (QED) is 0.684. The molecule has 4 rings (SSSR count). The van der Waals surface area contributed by atoms with E-state index in [0.717, 1.165) is 10.4 Å². The highest BCUT2D eigenvalue weighted by Crippen LogP contribution is 2.38. The van der Waals surface area contributed by atoms with Crippen molar-refractivity contribution in [2.24, 2.45) is 0 Å². The number of hydrogen-bond acceptors (Lipinski definition) is 5. The molecule has 2 aliphatic rings. The van der Waals surface area contributed by atoms with Gasteiger partial charge in [0, 0.05) is 18.0 Å². The molecular weight excluding hydrogens is 396 g/mol. The second kappa shape index (κ2) is 7.67. The molecule has 3 heterocycles. The third-order valence-corrected chi connectivity index (χ3v) is 6.44. The van der Waals surface area contributed by atoms with Crippen LogP contribution in [0.2, 0.25) is 0 Å². The summed E-state index contributed by atoms with van der Waals surface area (Å²) in [5.74, 6) is -0.513. The summed E-state index contributed by atoms with van der Waals surface area (Å²) in [5.41, 5.74) is 2.76. The van der Waals surface area contributed by atoms with Crippen LogP contribution in [0.25, 0.3) is 5.57 Å². The van der Waals surface area contributed by atoms with Gasteiger partial charge < -0.3 is 9.64 Å². The normalized spacial score (nSPS) is 23.0. The summed E-state index contributed by atoms with van der Waals surface area (Å²) >= 11 is 1.48. The van der Waals surface area contributed by atoms with Gasteiger partial charge in [-0.25, -0.2) is 4.90 Å². The Kier molecular flexibility index (Phi) is 5.32. The van der Waals surface area contributed by atoms with E-state index in [1.807, 2.05) is 60.5 Å². The Morgan fingerprint density at radius 3 is 2.13 bits per heavy atom. The van der Waals surface area contributed by atoms with Crippen molar-refractivity contribution in [2.45, 2.75) is 52.2 Å². The van der Waals surface area contributed by atoms with E-state index >= 15 is 0 Å². The highest BCUT2D eigenvalue weighted by molar-refractivity contribution is 7.11. The maximum absolute atomic E-state index is 13.6. The van der Waals surface area contributed by atoms with Crippen molar-refractivity contribution >= 4 is 34.4 Å². The molecule has 6 heteroatoms. The second-order valence-corrected chi connectivity index (χ2v) is 10.1. The molecule has 0 spiro atoms. The van der Waals surface area contributed by atoms with Crippen LogP contribution in [-0.4, -0.2) is 42.0 Å². The topological polar surface area (TPSA) is 49.9 Å². The molecule has 2 amide bonds. The fourth-order valence-corrected chi connectivity index (χ4v) is 4.92. The number of morpholine rings is 1. The minimum absolute atomic E-state index is 0.00315. The van der Waals surface area contributed by atoms with Crippen molar-refractivity contribution in [3.8, 4) is 0 Å². The number of carbonyl (C=O) groups excluding carboxylic acids is 2. The molecule has 158 valence electrons. The van der Waals surface area contributed by atoms with Crippen LogP contribution in [0, 0.1) is 0 Å². The van der Waals surface area contributed by atoms with Crippen LogP contribution >= 0.6 is 11.3 Å². The molecular formula is C24H28N2O3S. The number of carbonyl (C=O) groups is 2. The summed E-state index contributed by atoms with van der Waals surface area (Å²) in [4.78, 5) is 31.3. The fourth-order valence-electron chi connectivity index (χ4n) is 4.16. The Labute approximate surface area is 181 Å². The highest BCUT2D eigenvalue weighted by atomic mass is 32.1. The summed E-state index contributed by atoms with van der Waals surface area (Å²) in [6.07, 6.45) is -0.0114. The smallest absolute Gasteiger partial charge is 0.282 e. The molecule has 0 radical (unpaired) electrons. The third-order valence-electron chi connectivity index (χ3n) is 5.55. The van der Waals surface area contributed by atoms with Gasteiger partial charge in [0.1, 0.15) is 5.70 Å². The van der Waals surface area contributed by atoms with Crippen LogP contribution in [0.4, 0.5) is 5.69 Å². The number of benzene rings is 1. The van der Waals surface area contributed by atoms with Gasteiger partial charge in [-0.1, -0.05) is 39.0 Å². The van der Waals surface area contributed by atoms with E-state index in [1.54, 1.807) is 0 Å². The number of nitrogens with zero attached hydrogens (tertiary/aromatic N) is 2. The molecule has 2 aliphatic heterocycles. The van der Waals surface area contributed by atoms with Crippen LogP contribution in [0.15, 0.2) is 47.5 Å². The van der Waals surface area contributed by atoms with Crippen molar-refractivity contribution < 1.29 is 14.3 Å². The van der Waals surface area contributed by atoms with Gasteiger partial charge in [-0.3, -0.25) is 9.59 Å². The molecule has 0 N–H and O–H groups in total. The van der Waals surface area contributed by atoms with Crippen LogP contribution in [0.5, 0.6) is 0 Å². The number of amides is 2. The Bertz CT molecular complexity index is 976. The third kappa shape index (κ3) is 3.70. The zero-order valence-electron chi connectivity index (χ0n) is 18.1. The van der Waals surface area contributed by atoms with Gasteiger partial charge in [0.2, 0.25) is 0 Å². The van der Waals surface area contributed by atoms with E-state index in [0.29, 0.717) is 30.0 Å². The van der Waals surface area contributed by atoms with Gasteiger partial charge in [0.05, 0.1) is 23.5 Å². The largest absolute Gasteiger partial charge is 0.372 e. The Morgan fingerprint density at radius 2 is 1.60 bits per heavy atom. The van der Waals surface area contributed by atoms with Gasteiger partial charge in [-0.15, -0.1) is 11.3 Å². The van der Waals surface area contributed by atoms with Crippen LogP contribution in [0.3, 0.4) is 0 Å². The van der Waals surface area contributed by atoms with E-state index in [2.05, 4.69) is 20.8 Å². The number of hydrogen-bond donors (Lipinski definition) is 0. The van der Waals surface area contributed by atoms with Crippen molar-refractivity contribution in [1.82, 2.24) is 4.90 Å². The minimum atomic E-state index is -0.257. The monoisotopic (exact) mass is 424 g/mol. The number of anilines is 1. The zero-order chi connectivity index (χ0) is 21.6. The van der Waals surface area contributed by atoms with Gasteiger partial charge in [-0.05, 0) is 48.4 Å². The predicted octanol–water partition coefficient (Wildman–Crippen LogP) is 4.44. The predicted molar refractivity (Wildman–Crippen MR) is 120 cm³/mol. The Hall–Kier alpha value is -2.44. The molecule has 5 nitrogen and oxygen atoms in total. The molecule has 2 aromatic rings. The number of imide groups is 1. The molecule has 1 aromatic carbocycles. The van der Waals surface area contributed by atoms with Gasteiger partial charge in [-0.2, -0.15) is 0 Å². The van der Waals surface area contributed by atoms with Crippen molar-refractivity contribution in [3.63, 3.8) is 0 Å². The van der Waals surface area contributed by atoms with Gasteiger partial charge in [0.15, 0.2) is 0 Å². The SMILES string of the molecule is CC1CN(C2=C(c3cccs3)C(=O)N(c3ccc(C(C)(C)C)cc3)C2=O)CC(C)O1. The fraction of sp³-hybridized carbons (Fsp3) is 0.417. The molecule has 2 atom stereocenters. The van der Waals surface area contributed by atoms with Crippen molar-refractivity contribution in [2.75, 3.05) is 18.0 Å². The summed E-state index contributed by atoms with van der Waals surface area (Å²) < 4.78 is 5.85. The highest BCUT2D eigenvalue weighted by Gasteiger charge is 2.44. The average molecular weight is 425 g/mol. The summed E-state index contributed by atoms with van der Waals surface area (Å²) in [5, 5.41) is 1.93. The number of rotatable bonds is 3. The average Bonchev–Trinajstić information content (AvgIpc) is 3.26. The maximum atomic E-state index is 13.6. The number of ether oxygens (including phenoxy) is 1. The van der Waals surface area contributed by atoms with Gasteiger partial charge >= 0.3 is 0 Å². The lowest BCUT2D eigenvalue weighted by molar-refractivity contribution is -0.121. The molecule has 0 bridgehead atoms. The maximum Gasteiger partial charge on any atom is 0.282 e. The first-order chi connectivity index (χ1) is 14.2. The van der Waals surface area contributed by atoms with E-state index in [1.165, 1.54) is 16.2 Å². The minimum Gasteiger partial charge on any atom is -0.372 e. The lowest BCUT2D eigenvalue weighted by Crippen LogP contribution is -2.47. The van der Waals surface area contributed by atoms with E-state index in [-0.39, 0.29) is 29.4 Å². The standard InChI is InChI=1S/C24H28N2O3S/c1-15-13-25(14-16(2)29-15)21-20(19-7-6-12-30-19)22(27)26(23(21)28)18-10-8-17(9-11-18)24(3,4)5/h6-12,15-16H,13-14H2,1-5H3. The Morgan fingerprint density at radius 1 is 0.967 bits per heavy atom. The first-order valence-electron chi connectivity index (χ1n) is 10.3. The van der Waals surface area contributed by atoms with E-state index in [4.69, 9.17) is 4.74 Å². The molecule has 1 aromatic heterocycles. The lowest BCUT2D eigenvalue weighted by atomic mass is 9.87. The van der Waals surface area contributed by atoms with Crippen molar-refractivity contribution in [3.05, 3.63) is 57.9 Å². The first-order valence-corrected chi connectivity index (χ1v) is 11.2. The zero-order valence-corrected chi connectivity index (χ0v) is 19.0. The molecule has 30 heavy (non-hydrogen) atoms. The van der Waals surface area contributed by atoms with Gasteiger partial charge in [0.25, 0.3) is 11.8 Å². The van der Waals surface area contributed by atoms with Crippen molar-refractivity contribution in [1.29, 1.82) is 0 Å². The molecule has 2 unspecified atom stereocenters. The van der Waals surface area contributed by atoms with Crippen LogP contribution < -0.4 is 4.90 Å². The second-order valence-electron chi connectivity index (χ2n) is 9.11. The van der Waals surface area contributed by atoms with E-state index < -0.39 is 0 Å². The lowest BCUT2D eigenvalue weighted by Gasteiger charge is -2.37. The number of thiophene rings is 1. The summed E-state index contributed by atoms with van der Waals surface area (Å²) in [6, 6.07) is 11.6. The molecule has 0 saturated carbocycles.